The van der Waals surface area contributed by atoms with Crippen LogP contribution in [0, 0.1) is 0 Å². The van der Waals surface area contributed by atoms with Crippen molar-refractivity contribution in [3.63, 3.8) is 0 Å². The molecule has 1 aromatic rings. The third kappa shape index (κ3) is 5.02. The zero-order chi connectivity index (χ0) is 18.2. The van der Waals surface area contributed by atoms with Gasteiger partial charge in [-0.25, -0.2) is 0 Å². The van der Waals surface area contributed by atoms with Gasteiger partial charge < -0.3 is 10.2 Å². The molecule has 0 bridgehead atoms. The van der Waals surface area contributed by atoms with Crippen LogP contribution in [0.3, 0.4) is 0 Å². The largest absolute Gasteiger partial charge is 0.507 e. The molecule has 0 unspecified atom stereocenters. The number of benzene rings is 1. The van der Waals surface area contributed by atoms with E-state index in [9.17, 15) is 19.5 Å². The standard InChI is InChI=1S/C20H24O5/c21-17(22)13-7-5-3-1-2-4-6-12-16-18(23)14-10-8-9-11-15(14)19(24)20(16)25/h8-11,23H,1-7,12-13H2,(H,21,22). The van der Waals surface area contributed by atoms with E-state index in [0.717, 1.165) is 38.5 Å². The third-order valence-electron chi connectivity index (χ3n) is 4.51. The molecule has 1 aliphatic rings. The van der Waals surface area contributed by atoms with Gasteiger partial charge in [-0.05, 0) is 19.3 Å². The molecular weight excluding hydrogens is 320 g/mol. The van der Waals surface area contributed by atoms with Gasteiger partial charge in [-0.2, -0.15) is 0 Å². The van der Waals surface area contributed by atoms with E-state index in [4.69, 9.17) is 5.11 Å². The Morgan fingerprint density at radius 3 is 2.00 bits per heavy atom. The van der Waals surface area contributed by atoms with Gasteiger partial charge in [-0.3, -0.25) is 14.4 Å². The Labute approximate surface area is 147 Å². The van der Waals surface area contributed by atoms with Gasteiger partial charge >= 0.3 is 5.97 Å². The van der Waals surface area contributed by atoms with Crippen LogP contribution in [0.2, 0.25) is 0 Å². The lowest BCUT2D eigenvalue weighted by molar-refractivity contribution is -0.137. The third-order valence-corrected chi connectivity index (χ3v) is 4.51. The number of carbonyl (C=O) groups is 3. The second kappa shape index (κ2) is 9.16. The Kier molecular flexibility index (Phi) is 6.92. The van der Waals surface area contributed by atoms with Crippen LogP contribution in [0.4, 0.5) is 0 Å². The van der Waals surface area contributed by atoms with Crippen molar-refractivity contribution in [1.82, 2.24) is 0 Å². The molecule has 2 N–H and O–H groups in total. The van der Waals surface area contributed by atoms with Gasteiger partial charge in [0.15, 0.2) is 0 Å². The lowest BCUT2D eigenvalue weighted by atomic mass is 9.86. The van der Waals surface area contributed by atoms with Crippen molar-refractivity contribution in [2.24, 2.45) is 0 Å². The first kappa shape index (κ1) is 18.9. The fourth-order valence-electron chi connectivity index (χ4n) is 3.11. The van der Waals surface area contributed by atoms with E-state index in [1.54, 1.807) is 24.3 Å². The van der Waals surface area contributed by atoms with Crippen molar-refractivity contribution in [2.45, 2.75) is 57.8 Å². The van der Waals surface area contributed by atoms with E-state index < -0.39 is 17.5 Å². The van der Waals surface area contributed by atoms with E-state index in [1.165, 1.54) is 0 Å². The molecule has 1 aromatic carbocycles. The summed E-state index contributed by atoms with van der Waals surface area (Å²) in [5.41, 5.74) is 0.945. The van der Waals surface area contributed by atoms with Crippen LogP contribution >= 0.6 is 0 Å². The van der Waals surface area contributed by atoms with Gasteiger partial charge in [0.2, 0.25) is 11.6 Å². The number of Topliss-reactive ketones (excluding diaryl/α,β-unsaturated/α-hetero) is 2. The van der Waals surface area contributed by atoms with Crippen LogP contribution < -0.4 is 0 Å². The van der Waals surface area contributed by atoms with Crippen molar-refractivity contribution < 1.29 is 24.6 Å². The molecule has 1 aliphatic carbocycles. The van der Waals surface area contributed by atoms with Gasteiger partial charge in [-0.1, -0.05) is 56.4 Å². The van der Waals surface area contributed by atoms with Gasteiger partial charge in [0.1, 0.15) is 5.76 Å². The van der Waals surface area contributed by atoms with Gasteiger partial charge in [0.25, 0.3) is 0 Å². The van der Waals surface area contributed by atoms with Crippen molar-refractivity contribution in [3.05, 3.63) is 41.0 Å². The molecule has 0 aromatic heterocycles. The SMILES string of the molecule is O=C(O)CCCCCCCCCC1=C(O)c2ccccc2C(=O)C1=O. The number of aliphatic carboxylic acids is 1. The Bertz CT molecular complexity index is 687. The van der Waals surface area contributed by atoms with Crippen molar-refractivity contribution >= 4 is 23.3 Å². The molecule has 5 nitrogen and oxygen atoms in total. The summed E-state index contributed by atoms with van der Waals surface area (Å²) in [5.74, 6) is -1.94. The number of carbonyl (C=O) groups excluding carboxylic acids is 2. The predicted molar refractivity (Wildman–Crippen MR) is 94.5 cm³/mol. The topological polar surface area (TPSA) is 91.7 Å². The molecule has 2 rings (SSSR count). The molecule has 25 heavy (non-hydrogen) atoms. The minimum atomic E-state index is -0.749. The Morgan fingerprint density at radius 1 is 0.800 bits per heavy atom. The summed E-state index contributed by atoms with van der Waals surface area (Å²) in [6.45, 7) is 0. The Hall–Kier alpha value is -2.43. The van der Waals surface area contributed by atoms with Crippen LogP contribution in [-0.4, -0.2) is 27.7 Å². The number of aliphatic hydroxyl groups excluding tert-OH is 1. The van der Waals surface area contributed by atoms with Crippen LogP contribution in [-0.2, 0) is 9.59 Å². The number of hydrogen-bond acceptors (Lipinski definition) is 4. The molecule has 0 aliphatic heterocycles. The van der Waals surface area contributed by atoms with E-state index in [0.29, 0.717) is 18.4 Å². The lowest BCUT2D eigenvalue weighted by Crippen LogP contribution is -2.24. The van der Waals surface area contributed by atoms with E-state index in [2.05, 4.69) is 0 Å². The highest BCUT2D eigenvalue weighted by Crippen LogP contribution is 2.30. The Morgan fingerprint density at radius 2 is 1.36 bits per heavy atom. The maximum Gasteiger partial charge on any atom is 0.303 e. The average Bonchev–Trinajstić information content (AvgIpc) is 2.60. The molecular formula is C20H24O5. The number of hydrogen-bond donors (Lipinski definition) is 2. The van der Waals surface area contributed by atoms with Crippen molar-refractivity contribution in [3.8, 4) is 0 Å². The van der Waals surface area contributed by atoms with Gasteiger partial charge in [0, 0.05) is 23.1 Å². The fourth-order valence-corrected chi connectivity index (χ4v) is 3.11. The summed E-state index contributed by atoms with van der Waals surface area (Å²) in [7, 11) is 0. The van der Waals surface area contributed by atoms with E-state index in [1.807, 2.05) is 0 Å². The number of ketones is 2. The normalized spacial score (nSPS) is 13.9. The van der Waals surface area contributed by atoms with E-state index >= 15 is 0 Å². The summed E-state index contributed by atoms with van der Waals surface area (Å²) in [6.07, 6.45) is 6.96. The number of aliphatic hydroxyl groups is 1. The molecule has 0 saturated carbocycles. The van der Waals surface area contributed by atoms with Crippen LogP contribution in [0.5, 0.6) is 0 Å². The molecule has 0 spiro atoms. The molecule has 0 amide bonds. The maximum atomic E-state index is 12.2. The molecule has 0 heterocycles. The first-order chi connectivity index (χ1) is 12.0. The molecule has 134 valence electrons. The molecule has 5 heteroatoms. The lowest BCUT2D eigenvalue weighted by Gasteiger charge is -2.17. The van der Waals surface area contributed by atoms with Gasteiger partial charge in [0.05, 0.1) is 0 Å². The first-order valence-electron chi connectivity index (χ1n) is 8.84. The number of carboxylic acids is 1. The number of allylic oxidation sites excluding steroid dienone is 1. The minimum Gasteiger partial charge on any atom is -0.507 e. The zero-order valence-corrected chi connectivity index (χ0v) is 14.3. The second-order valence-electron chi connectivity index (χ2n) is 6.40. The monoisotopic (exact) mass is 344 g/mol. The summed E-state index contributed by atoms with van der Waals surface area (Å²) in [6, 6.07) is 6.64. The van der Waals surface area contributed by atoms with E-state index in [-0.39, 0.29) is 23.3 Å². The van der Waals surface area contributed by atoms with Crippen LogP contribution in [0.25, 0.3) is 5.76 Å². The summed E-state index contributed by atoms with van der Waals surface area (Å²) < 4.78 is 0. The average molecular weight is 344 g/mol. The zero-order valence-electron chi connectivity index (χ0n) is 14.3. The summed E-state index contributed by atoms with van der Waals surface area (Å²) >= 11 is 0. The second-order valence-corrected chi connectivity index (χ2v) is 6.40. The minimum absolute atomic E-state index is 0.0612. The maximum absolute atomic E-state index is 12.2. The highest BCUT2D eigenvalue weighted by Gasteiger charge is 2.31. The molecule has 0 fully saturated rings. The summed E-state index contributed by atoms with van der Waals surface area (Å²) in [5, 5.41) is 18.9. The quantitative estimate of drug-likeness (QED) is 0.487. The fraction of sp³-hybridized carbons (Fsp3) is 0.450. The number of unbranched alkanes of at least 4 members (excludes halogenated alkanes) is 6. The Balaban J connectivity index is 1.76. The number of carboxylic acid groups (broad SMARTS) is 1. The smallest absolute Gasteiger partial charge is 0.303 e. The molecule has 0 atom stereocenters. The first-order valence-corrected chi connectivity index (χ1v) is 8.84. The summed E-state index contributed by atoms with van der Waals surface area (Å²) in [4.78, 5) is 34.7. The highest BCUT2D eigenvalue weighted by molar-refractivity contribution is 6.52. The van der Waals surface area contributed by atoms with Crippen LogP contribution in [0.1, 0.15) is 73.7 Å². The molecule has 0 radical (unpaired) electrons. The highest BCUT2D eigenvalue weighted by atomic mass is 16.4. The molecule has 0 saturated heterocycles. The predicted octanol–water partition coefficient (Wildman–Crippen LogP) is 4.32. The number of fused-ring (bicyclic) bond motifs is 1. The number of rotatable bonds is 10. The van der Waals surface area contributed by atoms with Gasteiger partial charge in [-0.15, -0.1) is 0 Å². The van der Waals surface area contributed by atoms with Crippen molar-refractivity contribution in [2.75, 3.05) is 0 Å². The van der Waals surface area contributed by atoms with Crippen molar-refractivity contribution in [1.29, 1.82) is 0 Å². The van der Waals surface area contributed by atoms with Crippen LogP contribution in [0.15, 0.2) is 29.8 Å².